The topological polar surface area (TPSA) is 35.5 Å². The number of hydrogen-bond donors (Lipinski definition) is 0. The molecule has 32 heavy (non-hydrogen) atoms. The summed E-state index contributed by atoms with van der Waals surface area (Å²) in [6.45, 7) is 2.74. The van der Waals surface area contributed by atoms with Gasteiger partial charge in [-0.05, 0) is 73.9 Å². The second kappa shape index (κ2) is 12.4. The minimum absolute atomic E-state index is 0.0469. The summed E-state index contributed by atoms with van der Waals surface area (Å²) >= 11 is 0. The molecule has 0 amide bonds. The third-order valence-corrected chi connectivity index (χ3v) is 6.05. The SMILES string of the molecule is CCCCCC1CCC(/C=C/COc2ccc(C(=O)Oc3ccc(F)c(F)c3)cc2)CC1. The zero-order valence-electron chi connectivity index (χ0n) is 18.7. The summed E-state index contributed by atoms with van der Waals surface area (Å²) in [6.07, 6.45) is 15.0. The molecule has 3 nitrogen and oxygen atoms in total. The van der Waals surface area contributed by atoms with Crippen molar-refractivity contribution in [3.63, 3.8) is 0 Å². The molecule has 0 heterocycles. The lowest BCUT2D eigenvalue weighted by Gasteiger charge is -2.26. The molecule has 1 aliphatic rings. The molecule has 172 valence electrons. The molecule has 0 saturated heterocycles. The number of halogens is 2. The van der Waals surface area contributed by atoms with Crippen LogP contribution >= 0.6 is 0 Å². The average Bonchev–Trinajstić information content (AvgIpc) is 2.81. The molecule has 0 unspecified atom stereocenters. The molecule has 5 heteroatoms. The summed E-state index contributed by atoms with van der Waals surface area (Å²) < 4.78 is 37.0. The Labute approximate surface area is 189 Å². The van der Waals surface area contributed by atoms with E-state index < -0.39 is 17.6 Å². The molecule has 0 bridgehead atoms. The predicted molar refractivity (Wildman–Crippen MR) is 122 cm³/mol. The maximum Gasteiger partial charge on any atom is 0.343 e. The summed E-state index contributed by atoms with van der Waals surface area (Å²) in [5, 5.41) is 0. The van der Waals surface area contributed by atoms with E-state index >= 15 is 0 Å². The number of hydrogen-bond acceptors (Lipinski definition) is 3. The molecular weight excluding hydrogens is 410 g/mol. The van der Waals surface area contributed by atoms with Crippen LogP contribution in [0.15, 0.2) is 54.6 Å². The summed E-state index contributed by atoms with van der Waals surface area (Å²) in [5.41, 5.74) is 0.299. The van der Waals surface area contributed by atoms with Crippen LogP contribution in [-0.2, 0) is 0 Å². The van der Waals surface area contributed by atoms with Gasteiger partial charge in [-0.3, -0.25) is 0 Å². The van der Waals surface area contributed by atoms with E-state index in [1.54, 1.807) is 24.3 Å². The first-order valence-electron chi connectivity index (χ1n) is 11.6. The van der Waals surface area contributed by atoms with Crippen molar-refractivity contribution in [3.05, 3.63) is 71.8 Å². The van der Waals surface area contributed by atoms with Gasteiger partial charge in [0.2, 0.25) is 0 Å². The lowest BCUT2D eigenvalue weighted by atomic mass is 9.79. The molecule has 2 aromatic carbocycles. The maximum atomic E-state index is 13.2. The Morgan fingerprint density at radius 3 is 2.38 bits per heavy atom. The van der Waals surface area contributed by atoms with Gasteiger partial charge in [0.05, 0.1) is 5.56 Å². The van der Waals surface area contributed by atoms with Gasteiger partial charge in [-0.15, -0.1) is 0 Å². The van der Waals surface area contributed by atoms with Crippen LogP contribution in [0.4, 0.5) is 8.78 Å². The Bertz CT molecular complexity index is 884. The van der Waals surface area contributed by atoms with Gasteiger partial charge >= 0.3 is 5.97 Å². The molecule has 0 radical (unpaired) electrons. The molecular formula is C27H32F2O3. The van der Waals surface area contributed by atoms with Gasteiger partial charge in [0.15, 0.2) is 11.6 Å². The van der Waals surface area contributed by atoms with E-state index in [0.29, 0.717) is 23.8 Å². The van der Waals surface area contributed by atoms with Crippen LogP contribution in [0.3, 0.4) is 0 Å². The Kier molecular flexibility index (Phi) is 9.27. The molecule has 1 fully saturated rings. The zero-order chi connectivity index (χ0) is 22.8. The van der Waals surface area contributed by atoms with Crippen molar-refractivity contribution in [2.45, 2.75) is 58.3 Å². The molecule has 3 rings (SSSR count). The van der Waals surface area contributed by atoms with Crippen molar-refractivity contribution < 1.29 is 23.0 Å². The zero-order valence-corrected chi connectivity index (χ0v) is 18.7. The van der Waals surface area contributed by atoms with Crippen LogP contribution in [0.25, 0.3) is 0 Å². The third-order valence-electron chi connectivity index (χ3n) is 6.05. The number of rotatable bonds is 10. The Morgan fingerprint density at radius 1 is 0.969 bits per heavy atom. The minimum Gasteiger partial charge on any atom is -0.490 e. The molecule has 2 aromatic rings. The van der Waals surface area contributed by atoms with Crippen LogP contribution in [0, 0.1) is 23.5 Å². The van der Waals surface area contributed by atoms with Crippen LogP contribution in [0.5, 0.6) is 11.5 Å². The van der Waals surface area contributed by atoms with Crippen molar-refractivity contribution in [2.24, 2.45) is 11.8 Å². The number of unbranched alkanes of at least 4 members (excludes halogenated alkanes) is 2. The normalized spacial score (nSPS) is 18.6. The fraction of sp³-hybridized carbons (Fsp3) is 0.444. The number of ether oxygens (including phenoxy) is 2. The molecule has 1 saturated carbocycles. The van der Waals surface area contributed by atoms with Crippen LogP contribution in [0.1, 0.15) is 68.6 Å². The van der Waals surface area contributed by atoms with Gasteiger partial charge in [-0.25, -0.2) is 13.6 Å². The lowest BCUT2D eigenvalue weighted by molar-refractivity contribution is 0.0734. The van der Waals surface area contributed by atoms with Crippen molar-refractivity contribution in [1.82, 2.24) is 0 Å². The third kappa shape index (κ3) is 7.47. The summed E-state index contributed by atoms with van der Waals surface area (Å²) in [5.74, 6) is -0.535. The Hall–Kier alpha value is -2.69. The highest BCUT2D eigenvalue weighted by atomic mass is 19.2. The van der Waals surface area contributed by atoms with Crippen LogP contribution < -0.4 is 9.47 Å². The van der Waals surface area contributed by atoms with E-state index in [1.165, 1.54) is 57.4 Å². The maximum absolute atomic E-state index is 13.2. The monoisotopic (exact) mass is 442 g/mol. The largest absolute Gasteiger partial charge is 0.490 e. The van der Waals surface area contributed by atoms with Gasteiger partial charge in [-0.1, -0.05) is 44.8 Å². The van der Waals surface area contributed by atoms with E-state index in [4.69, 9.17) is 9.47 Å². The number of esters is 1. The number of carbonyl (C=O) groups is 1. The Balaban J connectivity index is 1.38. The first kappa shape index (κ1) is 24.0. The van der Waals surface area contributed by atoms with Gasteiger partial charge in [0.25, 0.3) is 0 Å². The van der Waals surface area contributed by atoms with Gasteiger partial charge < -0.3 is 9.47 Å². The lowest BCUT2D eigenvalue weighted by Crippen LogP contribution is -2.13. The summed E-state index contributed by atoms with van der Waals surface area (Å²) in [6, 6.07) is 9.52. The summed E-state index contributed by atoms with van der Waals surface area (Å²) in [4.78, 5) is 12.2. The average molecular weight is 443 g/mol. The van der Waals surface area contributed by atoms with Crippen molar-refractivity contribution in [1.29, 1.82) is 0 Å². The van der Waals surface area contributed by atoms with E-state index in [1.807, 2.05) is 0 Å². The van der Waals surface area contributed by atoms with Crippen molar-refractivity contribution in [3.8, 4) is 11.5 Å². The highest BCUT2D eigenvalue weighted by Gasteiger charge is 2.18. The molecule has 0 spiro atoms. The number of benzene rings is 2. The highest BCUT2D eigenvalue weighted by Crippen LogP contribution is 2.32. The molecule has 0 N–H and O–H groups in total. The smallest absolute Gasteiger partial charge is 0.343 e. The first-order valence-corrected chi connectivity index (χ1v) is 11.6. The van der Waals surface area contributed by atoms with E-state index in [9.17, 15) is 13.6 Å². The standard InChI is InChI=1S/C27H32F2O3/c1-2-3-4-6-20-8-10-21(11-9-20)7-5-18-31-23-14-12-22(13-15-23)27(30)32-24-16-17-25(28)26(29)19-24/h5,7,12-17,19-21H,2-4,6,8-11,18H2,1H3/b7-5+. The molecule has 1 aliphatic carbocycles. The molecule has 0 aromatic heterocycles. The van der Waals surface area contributed by atoms with Crippen LogP contribution in [0.2, 0.25) is 0 Å². The fourth-order valence-electron chi connectivity index (χ4n) is 4.14. The van der Waals surface area contributed by atoms with Gasteiger partial charge in [-0.2, -0.15) is 0 Å². The van der Waals surface area contributed by atoms with E-state index in [2.05, 4.69) is 19.1 Å². The molecule has 0 atom stereocenters. The second-order valence-corrected chi connectivity index (χ2v) is 8.51. The van der Waals surface area contributed by atoms with Gasteiger partial charge in [0.1, 0.15) is 18.1 Å². The minimum atomic E-state index is -1.06. The highest BCUT2D eigenvalue weighted by molar-refractivity contribution is 5.91. The van der Waals surface area contributed by atoms with Crippen molar-refractivity contribution >= 4 is 5.97 Å². The predicted octanol–water partition coefficient (Wildman–Crippen LogP) is 7.51. The van der Waals surface area contributed by atoms with Gasteiger partial charge in [0, 0.05) is 6.07 Å². The van der Waals surface area contributed by atoms with E-state index in [-0.39, 0.29) is 5.75 Å². The second-order valence-electron chi connectivity index (χ2n) is 8.51. The quantitative estimate of drug-likeness (QED) is 0.165. The van der Waals surface area contributed by atoms with Crippen molar-refractivity contribution in [2.75, 3.05) is 6.61 Å². The van der Waals surface area contributed by atoms with E-state index in [0.717, 1.165) is 18.1 Å². The summed E-state index contributed by atoms with van der Waals surface area (Å²) in [7, 11) is 0. The Morgan fingerprint density at radius 2 is 1.69 bits per heavy atom. The first-order chi connectivity index (χ1) is 15.5. The fourth-order valence-corrected chi connectivity index (χ4v) is 4.14. The molecule has 0 aliphatic heterocycles. The number of allylic oxidation sites excluding steroid dienone is 1. The van der Waals surface area contributed by atoms with Crippen LogP contribution in [-0.4, -0.2) is 12.6 Å². The number of carbonyl (C=O) groups excluding carboxylic acids is 1.